The molecule has 0 unspecified atom stereocenters. The number of Topliss-reactive ketones (excluding diaryl/α,β-unsaturated/α-hetero) is 1. The van der Waals surface area contributed by atoms with Gasteiger partial charge in [-0.2, -0.15) is 0 Å². The summed E-state index contributed by atoms with van der Waals surface area (Å²) in [6, 6.07) is 11.7. The molecule has 6 heteroatoms. The molecule has 0 fully saturated rings. The fourth-order valence-electron chi connectivity index (χ4n) is 2.14. The standard InChI is InChI=1S/C19H19BrO5/c1-3-23-17-9-8-14(11-18(17)24-4-2)19(22)25-12-16(21)13-6-5-7-15(20)10-13/h5-11H,3-4,12H2,1-2H3. The van der Waals surface area contributed by atoms with E-state index in [-0.39, 0.29) is 12.4 Å². The maximum atomic E-state index is 12.2. The molecule has 132 valence electrons. The summed E-state index contributed by atoms with van der Waals surface area (Å²) >= 11 is 3.30. The van der Waals surface area contributed by atoms with Crippen molar-refractivity contribution in [3.05, 3.63) is 58.1 Å². The zero-order valence-electron chi connectivity index (χ0n) is 14.1. The number of carbonyl (C=O) groups is 2. The molecule has 0 aliphatic rings. The van der Waals surface area contributed by atoms with E-state index in [4.69, 9.17) is 14.2 Å². The van der Waals surface area contributed by atoms with Crippen molar-refractivity contribution in [1.82, 2.24) is 0 Å². The molecule has 0 radical (unpaired) electrons. The molecule has 2 rings (SSSR count). The number of carbonyl (C=O) groups excluding carboxylic acids is 2. The lowest BCUT2D eigenvalue weighted by molar-refractivity contribution is 0.0474. The molecule has 0 aliphatic heterocycles. The van der Waals surface area contributed by atoms with Gasteiger partial charge in [-0.25, -0.2) is 4.79 Å². The van der Waals surface area contributed by atoms with E-state index in [9.17, 15) is 9.59 Å². The molecule has 0 N–H and O–H groups in total. The summed E-state index contributed by atoms with van der Waals surface area (Å²) in [6.07, 6.45) is 0. The molecular weight excluding hydrogens is 388 g/mol. The van der Waals surface area contributed by atoms with Gasteiger partial charge in [-0.3, -0.25) is 4.79 Å². The van der Waals surface area contributed by atoms with Crippen molar-refractivity contribution in [2.24, 2.45) is 0 Å². The SMILES string of the molecule is CCOc1ccc(C(=O)OCC(=O)c2cccc(Br)c2)cc1OCC. The van der Waals surface area contributed by atoms with Gasteiger partial charge in [-0.1, -0.05) is 28.1 Å². The van der Waals surface area contributed by atoms with Gasteiger partial charge in [0.1, 0.15) is 0 Å². The Bertz CT molecular complexity index is 757. The quantitative estimate of drug-likeness (QED) is 0.483. The summed E-state index contributed by atoms with van der Waals surface area (Å²) in [4.78, 5) is 24.3. The summed E-state index contributed by atoms with van der Waals surface area (Å²) in [5, 5.41) is 0. The first-order valence-electron chi connectivity index (χ1n) is 7.90. The molecule has 5 nitrogen and oxygen atoms in total. The van der Waals surface area contributed by atoms with E-state index in [0.29, 0.717) is 35.8 Å². The lowest BCUT2D eigenvalue weighted by Crippen LogP contribution is -2.14. The monoisotopic (exact) mass is 406 g/mol. The highest BCUT2D eigenvalue weighted by molar-refractivity contribution is 9.10. The van der Waals surface area contributed by atoms with E-state index >= 15 is 0 Å². The van der Waals surface area contributed by atoms with Gasteiger partial charge in [-0.05, 0) is 44.2 Å². The predicted octanol–water partition coefficient (Wildman–Crippen LogP) is 4.29. The summed E-state index contributed by atoms with van der Waals surface area (Å²) in [6.45, 7) is 4.32. The largest absolute Gasteiger partial charge is 0.490 e. The van der Waals surface area contributed by atoms with Gasteiger partial charge in [-0.15, -0.1) is 0 Å². The molecule has 0 aliphatic carbocycles. The molecule has 0 amide bonds. The first kappa shape index (κ1) is 19.0. The maximum absolute atomic E-state index is 12.2. The second kappa shape index (κ2) is 9.22. The molecular formula is C19H19BrO5. The molecule has 0 bridgehead atoms. The zero-order valence-corrected chi connectivity index (χ0v) is 15.7. The van der Waals surface area contributed by atoms with E-state index in [2.05, 4.69) is 15.9 Å². The van der Waals surface area contributed by atoms with Gasteiger partial charge in [0.05, 0.1) is 18.8 Å². The minimum atomic E-state index is -0.590. The third-order valence-electron chi connectivity index (χ3n) is 3.26. The van der Waals surface area contributed by atoms with Crippen LogP contribution in [0.4, 0.5) is 0 Å². The van der Waals surface area contributed by atoms with Crippen molar-refractivity contribution in [3.63, 3.8) is 0 Å². The predicted molar refractivity (Wildman–Crippen MR) is 97.5 cm³/mol. The number of hydrogen-bond donors (Lipinski definition) is 0. The zero-order chi connectivity index (χ0) is 18.2. The molecule has 0 saturated heterocycles. The van der Waals surface area contributed by atoms with E-state index in [1.165, 1.54) is 0 Å². The Kier molecular flexibility index (Phi) is 7.01. The van der Waals surface area contributed by atoms with Crippen LogP contribution in [-0.2, 0) is 4.74 Å². The van der Waals surface area contributed by atoms with Crippen LogP contribution < -0.4 is 9.47 Å². The van der Waals surface area contributed by atoms with Crippen LogP contribution in [0.2, 0.25) is 0 Å². The minimum absolute atomic E-state index is 0.273. The number of hydrogen-bond acceptors (Lipinski definition) is 5. The van der Waals surface area contributed by atoms with Crippen LogP contribution in [0.5, 0.6) is 11.5 Å². The molecule has 0 saturated carbocycles. The summed E-state index contributed by atoms with van der Waals surface area (Å²) in [7, 11) is 0. The second-order valence-electron chi connectivity index (χ2n) is 5.04. The Hall–Kier alpha value is -2.34. The molecule has 0 atom stereocenters. The van der Waals surface area contributed by atoms with Crippen LogP contribution in [-0.4, -0.2) is 31.6 Å². The average molecular weight is 407 g/mol. The summed E-state index contributed by atoms with van der Waals surface area (Å²) in [5.41, 5.74) is 0.776. The number of ketones is 1. The summed E-state index contributed by atoms with van der Waals surface area (Å²) in [5.74, 6) is 0.168. The lowest BCUT2D eigenvalue weighted by Gasteiger charge is -2.12. The van der Waals surface area contributed by atoms with Crippen molar-refractivity contribution < 1.29 is 23.8 Å². The van der Waals surface area contributed by atoms with Crippen LogP contribution in [0.15, 0.2) is 46.9 Å². The van der Waals surface area contributed by atoms with Crippen LogP contribution in [0.25, 0.3) is 0 Å². The van der Waals surface area contributed by atoms with Crippen LogP contribution >= 0.6 is 15.9 Å². The number of rotatable bonds is 8. The van der Waals surface area contributed by atoms with E-state index in [1.807, 2.05) is 19.9 Å². The Morgan fingerprint density at radius 2 is 1.64 bits per heavy atom. The number of halogens is 1. The molecule has 0 spiro atoms. The van der Waals surface area contributed by atoms with Crippen molar-refractivity contribution in [2.75, 3.05) is 19.8 Å². The maximum Gasteiger partial charge on any atom is 0.338 e. The molecule has 0 aromatic heterocycles. The smallest absolute Gasteiger partial charge is 0.338 e. The third kappa shape index (κ3) is 5.32. The number of ether oxygens (including phenoxy) is 3. The van der Waals surface area contributed by atoms with Crippen molar-refractivity contribution in [1.29, 1.82) is 0 Å². The number of benzene rings is 2. The van der Waals surface area contributed by atoms with Crippen LogP contribution in [0.1, 0.15) is 34.6 Å². The van der Waals surface area contributed by atoms with E-state index in [1.54, 1.807) is 36.4 Å². The second-order valence-corrected chi connectivity index (χ2v) is 5.95. The van der Waals surface area contributed by atoms with Gasteiger partial charge in [0, 0.05) is 10.0 Å². The fraction of sp³-hybridized carbons (Fsp3) is 0.263. The van der Waals surface area contributed by atoms with Gasteiger partial charge < -0.3 is 14.2 Å². The molecule has 25 heavy (non-hydrogen) atoms. The topological polar surface area (TPSA) is 61.8 Å². The van der Waals surface area contributed by atoms with Crippen molar-refractivity contribution in [3.8, 4) is 11.5 Å². The molecule has 2 aromatic carbocycles. The third-order valence-corrected chi connectivity index (χ3v) is 3.75. The van der Waals surface area contributed by atoms with Crippen LogP contribution in [0, 0.1) is 0 Å². The average Bonchev–Trinajstić information content (AvgIpc) is 2.61. The minimum Gasteiger partial charge on any atom is -0.490 e. The van der Waals surface area contributed by atoms with Gasteiger partial charge in [0.2, 0.25) is 0 Å². The van der Waals surface area contributed by atoms with Crippen molar-refractivity contribution >= 4 is 27.7 Å². The van der Waals surface area contributed by atoms with Crippen molar-refractivity contribution in [2.45, 2.75) is 13.8 Å². The Morgan fingerprint density at radius 3 is 2.32 bits per heavy atom. The van der Waals surface area contributed by atoms with Gasteiger partial charge >= 0.3 is 5.97 Å². The Morgan fingerprint density at radius 1 is 0.920 bits per heavy atom. The number of esters is 1. The van der Waals surface area contributed by atoms with Crippen LogP contribution in [0.3, 0.4) is 0 Å². The highest BCUT2D eigenvalue weighted by Gasteiger charge is 2.15. The highest BCUT2D eigenvalue weighted by Crippen LogP contribution is 2.28. The summed E-state index contributed by atoms with van der Waals surface area (Å²) < 4.78 is 16.8. The van der Waals surface area contributed by atoms with Gasteiger partial charge in [0.25, 0.3) is 0 Å². The van der Waals surface area contributed by atoms with E-state index < -0.39 is 5.97 Å². The Balaban J connectivity index is 2.05. The van der Waals surface area contributed by atoms with E-state index in [0.717, 1.165) is 4.47 Å². The fourth-order valence-corrected chi connectivity index (χ4v) is 2.54. The molecule has 0 heterocycles. The highest BCUT2D eigenvalue weighted by atomic mass is 79.9. The lowest BCUT2D eigenvalue weighted by atomic mass is 10.1. The first-order valence-corrected chi connectivity index (χ1v) is 8.70. The normalized spacial score (nSPS) is 10.2. The first-order chi connectivity index (χ1) is 12.0. The molecule has 2 aromatic rings. The van der Waals surface area contributed by atoms with Gasteiger partial charge in [0.15, 0.2) is 23.9 Å². The Labute approximate surface area is 155 Å².